The Labute approximate surface area is 557 Å². The smallest absolute Gasteiger partial charge is 0.345 e. The number of methoxy groups -OCH3 is 15. The van der Waals surface area contributed by atoms with Crippen LogP contribution < -0.4 is 56.8 Å². The van der Waals surface area contributed by atoms with Gasteiger partial charge in [0.15, 0.2) is 69.6 Å². The lowest BCUT2D eigenvalue weighted by molar-refractivity contribution is -0.464. The van der Waals surface area contributed by atoms with Crippen LogP contribution in [0.2, 0.25) is 0 Å². The van der Waals surface area contributed by atoms with Gasteiger partial charge in [-0.1, -0.05) is 0 Å². The van der Waals surface area contributed by atoms with E-state index in [-0.39, 0.29) is 79.9 Å². The third kappa shape index (κ3) is 8.07. The number of benzene rings is 4. The average molecular weight is 1380 g/mol. The van der Waals surface area contributed by atoms with Crippen molar-refractivity contribution in [3.8, 4) is 80.1 Å². The molecule has 0 N–H and O–H groups in total. The third-order valence-corrected chi connectivity index (χ3v) is 19.7. The van der Waals surface area contributed by atoms with Crippen LogP contribution in [-0.2, 0) is 80.7 Å². The molecule has 98 heavy (non-hydrogen) atoms. The van der Waals surface area contributed by atoms with E-state index < -0.39 is 171 Å². The van der Waals surface area contributed by atoms with Crippen molar-refractivity contribution in [3.05, 3.63) is 58.1 Å². The number of Topliss-reactive ketones (excluding diaryl/α,β-unsaturated/α-hetero) is 1. The quantitative estimate of drug-likeness (QED) is 0.108. The molecule has 33 nitrogen and oxygen atoms in total. The highest BCUT2D eigenvalue weighted by Crippen LogP contribution is 2.85. The van der Waals surface area contributed by atoms with E-state index >= 15 is 33.6 Å². The van der Waals surface area contributed by atoms with Crippen molar-refractivity contribution in [1.82, 2.24) is 0 Å². The van der Waals surface area contributed by atoms with Crippen molar-refractivity contribution in [2.24, 2.45) is 11.3 Å². The Morgan fingerprint density at radius 3 is 1.58 bits per heavy atom. The van der Waals surface area contributed by atoms with E-state index in [0.717, 1.165) is 40.6 Å². The molecule has 8 heterocycles. The number of fused-ring (bicyclic) bond motifs is 3. The molecule has 10 aliphatic rings. The van der Waals surface area contributed by atoms with E-state index in [4.69, 9.17) is 123 Å². The Balaban J connectivity index is 1.15. The van der Waals surface area contributed by atoms with E-state index in [1.165, 1.54) is 110 Å². The van der Waals surface area contributed by atoms with Gasteiger partial charge in [-0.05, 0) is 44.2 Å². The van der Waals surface area contributed by atoms with Gasteiger partial charge in [0.1, 0.15) is 24.2 Å². The second-order valence-electron chi connectivity index (χ2n) is 23.8. The topological polar surface area (TPSA) is 359 Å². The number of rotatable bonds is 17. The summed E-state index contributed by atoms with van der Waals surface area (Å²) < 4.78 is 163. The first kappa shape index (κ1) is 67.2. The molecule has 526 valence electrons. The van der Waals surface area contributed by atoms with Crippen molar-refractivity contribution in [1.29, 1.82) is 0 Å². The lowest BCUT2D eigenvalue weighted by Gasteiger charge is -2.65. The second-order valence-corrected chi connectivity index (χ2v) is 23.8. The Hall–Kier alpha value is -9.35. The summed E-state index contributed by atoms with van der Waals surface area (Å²) in [5, 5.41) is 0. The van der Waals surface area contributed by atoms with Crippen molar-refractivity contribution in [3.63, 3.8) is 0 Å². The van der Waals surface area contributed by atoms with Crippen molar-refractivity contribution >= 4 is 41.6 Å². The zero-order valence-electron chi connectivity index (χ0n) is 55.9. The molecule has 0 radical (unpaired) electrons. The first-order valence-corrected chi connectivity index (χ1v) is 30.1. The first-order chi connectivity index (χ1) is 46.9. The molecule has 8 aliphatic heterocycles. The molecule has 4 aromatic rings. The molecule has 14 rings (SSSR count). The predicted molar refractivity (Wildman–Crippen MR) is 318 cm³/mol. The number of ketones is 1. The van der Waals surface area contributed by atoms with Crippen LogP contribution in [0.5, 0.6) is 69.0 Å². The van der Waals surface area contributed by atoms with E-state index in [2.05, 4.69) is 0 Å². The molecule has 2 saturated carbocycles. The summed E-state index contributed by atoms with van der Waals surface area (Å²) in [7, 11) is 17.9. The van der Waals surface area contributed by atoms with E-state index in [9.17, 15) is 0 Å². The van der Waals surface area contributed by atoms with Gasteiger partial charge < -0.3 is 123 Å². The summed E-state index contributed by atoms with van der Waals surface area (Å²) in [6.45, 7) is 1.34. The van der Waals surface area contributed by atoms with Gasteiger partial charge >= 0.3 is 35.8 Å². The van der Waals surface area contributed by atoms with Crippen LogP contribution in [0.3, 0.4) is 0 Å². The van der Waals surface area contributed by atoms with Crippen LogP contribution in [-0.4, -0.2) is 233 Å². The fraction of sp³-hybridized carbons (Fsp3) is 0.523. The summed E-state index contributed by atoms with van der Waals surface area (Å²) >= 11 is 0. The highest BCUT2D eigenvalue weighted by molar-refractivity contribution is 6.11. The number of cyclic esters (lactones) is 1. The van der Waals surface area contributed by atoms with Gasteiger partial charge in [-0.2, -0.15) is 0 Å². The maximum absolute atomic E-state index is 17.9. The SMILES string of the molecule is COC(=O)[C@@]12O[C@@]3(OC)C(=O)[C@@H]([C@]45OC(C)(C)O[C@H]4CO[C@@]51OC)[C@]21C(=O)O[C@H]2[C@@H]4OC(=O)c5cc(OC)c(OC)c(OC)c5-c5c(cc(OC)c(OC)c5OC)C(=O)OC[C@H]2O[C@@H](OC(=O)c2cc(OC)c(OC)c(OC)c2)[C@@H]4OC(=O)c2cc(OC)c(OC)c4c2[C@H]1[C@@]3(OC)O4. The minimum atomic E-state index is -3.34. The minimum Gasteiger partial charge on any atom is -0.493 e. The lowest BCUT2D eigenvalue weighted by atomic mass is 9.47. The molecule has 2 spiro atoms. The average Bonchev–Trinajstić information content (AvgIpc) is 1.40. The maximum Gasteiger partial charge on any atom is 0.345 e. The van der Waals surface area contributed by atoms with Crippen LogP contribution in [0, 0.1) is 11.3 Å². The lowest BCUT2D eigenvalue weighted by Crippen LogP contribution is -2.89. The molecule has 0 amide bonds. The molecule has 8 bridgehead atoms. The van der Waals surface area contributed by atoms with Gasteiger partial charge in [0.25, 0.3) is 11.6 Å². The summed E-state index contributed by atoms with van der Waals surface area (Å²) in [6, 6.07) is 5.87. The fourth-order valence-corrected chi connectivity index (χ4v) is 16.3. The molecule has 33 heteroatoms. The Kier molecular flexibility index (Phi) is 16.1. The zero-order valence-corrected chi connectivity index (χ0v) is 55.9. The number of esters is 6. The number of hydrogen-bond donors (Lipinski definition) is 0. The minimum absolute atomic E-state index is 0.0353. The number of hydrogen-bond acceptors (Lipinski definition) is 33. The largest absolute Gasteiger partial charge is 0.493 e. The van der Waals surface area contributed by atoms with Crippen LogP contribution in [0.4, 0.5) is 0 Å². The fourth-order valence-electron chi connectivity index (χ4n) is 16.3. The second kappa shape index (κ2) is 23.4. The molecule has 5 saturated heterocycles. The Bertz CT molecular complexity index is 4050. The normalized spacial score (nSPS) is 32.3. The van der Waals surface area contributed by atoms with Crippen LogP contribution in [0.25, 0.3) is 11.1 Å². The molecular formula is C65H68O33. The van der Waals surface area contributed by atoms with Crippen LogP contribution in [0.1, 0.15) is 66.8 Å². The first-order valence-electron chi connectivity index (χ1n) is 30.1. The van der Waals surface area contributed by atoms with Crippen molar-refractivity contribution in [2.45, 2.75) is 90.9 Å². The number of ether oxygens (including phenoxy) is 26. The third-order valence-electron chi connectivity index (χ3n) is 19.7. The number of carbonyl (C=O) groups is 7. The molecule has 0 aromatic heterocycles. The van der Waals surface area contributed by atoms with Gasteiger partial charge in [0.05, 0.1) is 126 Å². The summed E-state index contributed by atoms with van der Waals surface area (Å²) in [4.78, 5) is 115. The predicted octanol–water partition coefficient (Wildman–Crippen LogP) is 3.44. The van der Waals surface area contributed by atoms with Crippen molar-refractivity contribution < 1.29 is 157 Å². The molecule has 7 fully saturated rings. The molecule has 2 aliphatic carbocycles. The maximum atomic E-state index is 17.9. The van der Waals surface area contributed by atoms with E-state index in [1.807, 2.05) is 0 Å². The van der Waals surface area contributed by atoms with Crippen LogP contribution in [0.15, 0.2) is 30.3 Å². The van der Waals surface area contributed by atoms with Gasteiger partial charge in [0.2, 0.25) is 52.6 Å². The standard InChI is InChI=1S/C65H68O33/c1-59(2)95-35-24-89-65(87-17)61(35,97-59)50-51(66)64(86-16)63(85-15)49-38-28(22-33(77-7)42(81-11)46(38)96-63)55(70)92-48-47-43(93-57(71)60(49,50)62(65,98-64)58(72)84-14)34(90-56(48)94-52(67)25-18-29(73-3)39(78-8)30(19-25)74-4)23-88-53(68)26-20-31(75-5)40(79-9)44(82-12)36(26)37-27(54(69)91-47)21-32(76-6)41(80-10)45(37)83-13/h18-22,34-35,43,47-50,56H,23-24H2,1-17H3/t34-,35+,43-,47+,48-,49-,50-,56+,60-,61-,62+,63-,64+,65+/m1/s1. The molecule has 0 unspecified atom stereocenters. The van der Waals surface area contributed by atoms with Gasteiger partial charge in [-0.15, -0.1) is 0 Å². The van der Waals surface area contributed by atoms with Crippen LogP contribution >= 0.6 is 0 Å². The highest BCUT2D eigenvalue weighted by atomic mass is 16.9. The monoisotopic (exact) mass is 1380 g/mol. The van der Waals surface area contributed by atoms with E-state index in [1.54, 1.807) is 0 Å². The highest BCUT2D eigenvalue weighted by Gasteiger charge is 3.08. The van der Waals surface area contributed by atoms with Gasteiger partial charge in [0, 0.05) is 38.0 Å². The van der Waals surface area contributed by atoms with Gasteiger partial charge in [-0.25, -0.2) is 24.0 Å². The van der Waals surface area contributed by atoms with E-state index in [0.29, 0.717) is 0 Å². The summed E-state index contributed by atoms with van der Waals surface area (Å²) in [5.41, 5.74) is -12.2. The molecule has 4 aromatic carbocycles. The molecular weight excluding hydrogens is 1310 g/mol. The van der Waals surface area contributed by atoms with Gasteiger partial charge in [-0.3, -0.25) is 9.59 Å². The molecule has 14 atom stereocenters. The summed E-state index contributed by atoms with van der Waals surface area (Å²) in [6.07, 6.45) is -13.2. The Morgan fingerprint density at radius 2 is 1.05 bits per heavy atom. The van der Waals surface area contributed by atoms with Crippen molar-refractivity contribution in [2.75, 3.05) is 120 Å². The zero-order chi connectivity index (χ0) is 70.5. The Morgan fingerprint density at radius 1 is 0.520 bits per heavy atom. The summed E-state index contributed by atoms with van der Waals surface area (Å²) in [5.74, 6) is -27.4. The number of carbonyl (C=O) groups excluding carboxylic acids is 7.